The van der Waals surface area contributed by atoms with Gasteiger partial charge in [0.1, 0.15) is 0 Å². The molecule has 4 rings (SSSR count). The van der Waals surface area contributed by atoms with Crippen molar-refractivity contribution in [3.05, 3.63) is 94.4 Å². The molecule has 0 radical (unpaired) electrons. The van der Waals surface area contributed by atoms with Crippen LogP contribution in [0.1, 0.15) is 16.7 Å². The number of ether oxygens (including phenoxy) is 2. The number of nitrogens with one attached hydrogen (secondary N) is 1. The monoisotopic (exact) mass is 488 g/mol. The molecule has 0 unspecified atom stereocenters. The number of thioether (sulfide) groups is 1. The number of nitrogens with zero attached hydrogens (tertiary/aromatic N) is 1. The number of imide groups is 1. The van der Waals surface area contributed by atoms with Gasteiger partial charge in [-0.1, -0.05) is 48.5 Å². The molecule has 8 heteroatoms. The Kier molecular flexibility index (Phi) is 7.52. The highest BCUT2D eigenvalue weighted by atomic mass is 32.2. The van der Waals surface area contributed by atoms with Gasteiger partial charge in [0.2, 0.25) is 0 Å². The Morgan fingerprint density at radius 3 is 2.49 bits per heavy atom. The first-order chi connectivity index (χ1) is 16.9. The highest BCUT2D eigenvalue weighted by Gasteiger charge is 2.35. The molecule has 0 aromatic heterocycles. The van der Waals surface area contributed by atoms with Crippen molar-refractivity contribution in [1.29, 1.82) is 0 Å². The van der Waals surface area contributed by atoms with Crippen molar-refractivity contribution in [2.24, 2.45) is 0 Å². The van der Waals surface area contributed by atoms with Gasteiger partial charge in [-0.3, -0.25) is 19.3 Å². The smallest absolute Gasteiger partial charge is 0.293 e. The molecule has 3 aromatic rings. The highest BCUT2D eigenvalue weighted by Crippen LogP contribution is 2.35. The maximum atomic E-state index is 12.9. The lowest BCUT2D eigenvalue weighted by Gasteiger charge is -2.14. The number of methoxy groups -OCH3 is 1. The van der Waals surface area contributed by atoms with Gasteiger partial charge in [0.15, 0.2) is 18.1 Å². The SMILES string of the molecule is COc1cc(/C=C2\SC(=O)N(Cc3ccccc3C)C2=O)ccc1OCC(=O)Nc1ccccc1. The Morgan fingerprint density at radius 1 is 1.00 bits per heavy atom. The van der Waals surface area contributed by atoms with E-state index in [1.54, 1.807) is 36.4 Å². The molecule has 0 atom stereocenters. The van der Waals surface area contributed by atoms with E-state index in [0.29, 0.717) is 27.7 Å². The zero-order valence-corrected chi connectivity index (χ0v) is 20.1. The number of carbonyl (C=O) groups excluding carboxylic acids is 3. The lowest BCUT2D eigenvalue weighted by molar-refractivity contribution is -0.123. The number of hydrogen-bond donors (Lipinski definition) is 1. The third kappa shape index (κ3) is 5.91. The van der Waals surface area contributed by atoms with E-state index in [4.69, 9.17) is 9.47 Å². The number of anilines is 1. The number of para-hydroxylation sites is 1. The van der Waals surface area contributed by atoms with Gasteiger partial charge >= 0.3 is 0 Å². The van der Waals surface area contributed by atoms with Crippen LogP contribution in [0.25, 0.3) is 6.08 Å². The molecule has 3 amide bonds. The first-order valence-corrected chi connectivity index (χ1v) is 11.7. The Labute approximate surface area is 207 Å². The van der Waals surface area contributed by atoms with Gasteiger partial charge in [-0.2, -0.15) is 0 Å². The molecule has 0 aliphatic carbocycles. The molecule has 0 saturated carbocycles. The second-order valence-electron chi connectivity index (χ2n) is 7.81. The van der Waals surface area contributed by atoms with Crippen molar-refractivity contribution >= 4 is 40.6 Å². The van der Waals surface area contributed by atoms with E-state index in [2.05, 4.69) is 5.32 Å². The van der Waals surface area contributed by atoms with Crippen LogP contribution in [0.15, 0.2) is 77.7 Å². The molecule has 1 heterocycles. The normalized spacial score (nSPS) is 14.3. The molecular weight excluding hydrogens is 464 g/mol. The summed E-state index contributed by atoms with van der Waals surface area (Å²) in [7, 11) is 1.49. The second-order valence-corrected chi connectivity index (χ2v) is 8.80. The van der Waals surface area contributed by atoms with Crippen molar-refractivity contribution in [1.82, 2.24) is 4.90 Å². The summed E-state index contributed by atoms with van der Waals surface area (Å²) in [5.74, 6) is 0.163. The minimum atomic E-state index is -0.333. The molecule has 178 valence electrons. The summed E-state index contributed by atoms with van der Waals surface area (Å²) >= 11 is 0.908. The van der Waals surface area contributed by atoms with Gasteiger partial charge in [0.25, 0.3) is 17.1 Å². The average Bonchev–Trinajstić information content (AvgIpc) is 3.12. The molecular formula is C27H24N2O5S. The number of carbonyl (C=O) groups is 3. The molecule has 3 aromatic carbocycles. The fraction of sp³-hybridized carbons (Fsp3) is 0.148. The van der Waals surface area contributed by atoms with Crippen LogP contribution in [0, 0.1) is 6.92 Å². The van der Waals surface area contributed by atoms with E-state index in [1.807, 2.05) is 49.4 Å². The topological polar surface area (TPSA) is 84.9 Å². The number of benzene rings is 3. The number of aryl methyl sites for hydroxylation is 1. The minimum absolute atomic E-state index is 0.192. The predicted octanol–water partition coefficient (Wildman–Crippen LogP) is 5.26. The van der Waals surface area contributed by atoms with Gasteiger partial charge in [-0.15, -0.1) is 0 Å². The molecule has 1 aliphatic rings. The largest absolute Gasteiger partial charge is 0.493 e. The Hall–Kier alpha value is -4.04. The maximum Gasteiger partial charge on any atom is 0.293 e. The summed E-state index contributed by atoms with van der Waals surface area (Å²) in [4.78, 5) is 39.2. The Morgan fingerprint density at radius 2 is 1.74 bits per heavy atom. The van der Waals surface area contributed by atoms with E-state index in [0.717, 1.165) is 22.9 Å². The van der Waals surface area contributed by atoms with Gasteiger partial charge < -0.3 is 14.8 Å². The molecule has 1 aliphatic heterocycles. The van der Waals surface area contributed by atoms with Crippen molar-refractivity contribution in [3.63, 3.8) is 0 Å². The van der Waals surface area contributed by atoms with Gasteiger partial charge in [0, 0.05) is 5.69 Å². The average molecular weight is 489 g/mol. The van der Waals surface area contributed by atoms with Crippen molar-refractivity contribution in [2.75, 3.05) is 19.0 Å². The summed E-state index contributed by atoms with van der Waals surface area (Å²) in [6.45, 7) is 1.99. The van der Waals surface area contributed by atoms with Crippen LogP contribution in [0.2, 0.25) is 0 Å². The molecule has 0 spiro atoms. The Balaban J connectivity index is 1.43. The van der Waals surface area contributed by atoms with E-state index >= 15 is 0 Å². The van der Waals surface area contributed by atoms with Gasteiger partial charge in [-0.05, 0) is 65.7 Å². The fourth-order valence-corrected chi connectivity index (χ4v) is 4.34. The predicted molar refractivity (Wildman–Crippen MR) is 136 cm³/mol. The second kappa shape index (κ2) is 10.9. The van der Waals surface area contributed by atoms with Crippen LogP contribution < -0.4 is 14.8 Å². The molecule has 0 bridgehead atoms. The lowest BCUT2D eigenvalue weighted by Crippen LogP contribution is -2.27. The molecule has 1 fully saturated rings. The van der Waals surface area contributed by atoms with Crippen LogP contribution in [-0.2, 0) is 16.1 Å². The van der Waals surface area contributed by atoms with Crippen molar-refractivity contribution in [3.8, 4) is 11.5 Å². The van der Waals surface area contributed by atoms with Crippen LogP contribution >= 0.6 is 11.8 Å². The van der Waals surface area contributed by atoms with Crippen LogP contribution in [-0.4, -0.2) is 35.7 Å². The molecule has 1 saturated heterocycles. The van der Waals surface area contributed by atoms with Crippen molar-refractivity contribution in [2.45, 2.75) is 13.5 Å². The fourth-order valence-electron chi connectivity index (χ4n) is 3.50. The summed E-state index contributed by atoms with van der Waals surface area (Å²) in [5, 5.41) is 2.45. The third-order valence-corrected chi connectivity index (χ3v) is 6.27. The van der Waals surface area contributed by atoms with Gasteiger partial charge in [0.05, 0.1) is 18.6 Å². The first kappa shape index (κ1) is 24.1. The van der Waals surface area contributed by atoms with E-state index in [1.165, 1.54) is 12.0 Å². The number of rotatable bonds is 8. The molecule has 1 N–H and O–H groups in total. The zero-order valence-electron chi connectivity index (χ0n) is 19.3. The number of hydrogen-bond acceptors (Lipinski definition) is 6. The minimum Gasteiger partial charge on any atom is -0.493 e. The van der Waals surface area contributed by atoms with Crippen LogP contribution in [0.5, 0.6) is 11.5 Å². The van der Waals surface area contributed by atoms with E-state index in [-0.39, 0.29) is 30.2 Å². The van der Waals surface area contributed by atoms with E-state index < -0.39 is 0 Å². The third-order valence-electron chi connectivity index (χ3n) is 5.37. The number of amides is 3. The molecule has 7 nitrogen and oxygen atoms in total. The summed E-state index contributed by atoms with van der Waals surface area (Å²) in [6.07, 6.45) is 1.65. The highest BCUT2D eigenvalue weighted by molar-refractivity contribution is 8.18. The summed E-state index contributed by atoms with van der Waals surface area (Å²) in [5.41, 5.74) is 3.30. The quantitative estimate of drug-likeness (QED) is 0.436. The standard InChI is InChI=1S/C27H24N2O5S/c1-18-8-6-7-9-20(18)16-29-26(31)24(35-27(29)32)15-19-12-13-22(23(14-19)33-2)34-17-25(30)28-21-10-4-3-5-11-21/h3-15H,16-17H2,1-2H3,(H,28,30)/b24-15-. The Bertz CT molecular complexity index is 1290. The zero-order chi connectivity index (χ0) is 24.8. The van der Waals surface area contributed by atoms with Gasteiger partial charge in [-0.25, -0.2) is 0 Å². The van der Waals surface area contributed by atoms with Crippen LogP contribution in [0.4, 0.5) is 10.5 Å². The van der Waals surface area contributed by atoms with E-state index in [9.17, 15) is 14.4 Å². The first-order valence-electron chi connectivity index (χ1n) is 10.9. The molecule has 35 heavy (non-hydrogen) atoms. The van der Waals surface area contributed by atoms with Crippen molar-refractivity contribution < 1.29 is 23.9 Å². The maximum absolute atomic E-state index is 12.9. The lowest BCUT2D eigenvalue weighted by atomic mass is 10.1. The summed E-state index contributed by atoms with van der Waals surface area (Å²) in [6, 6.07) is 21.9. The van der Waals surface area contributed by atoms with Crippen LogP contribution in [0.3, 0.4) is 0 Å². The summed E-state index contributed by atoms with van der Waals surface area (Å²) < 4.78 is 11.0.